The third-order valence-electron chi connectivity index (χ3n) is 3.46. The fourth-order valence-corrected chi connectivity index (χ4v) is 2.15. The van der Waals surface area contributed by atoms with E-state index >= 15 is 0 Å². The van der Waals surface area contributed by atoms with Crippen LogP contribution >= 0.6 is 0 Å². The molecule has 0 aliphatic heterocycles. The van der Waals surface area contributed by atoms with Crippen LogP contribution in [-0.4, -0.2) is 30.5 Å². The van der Waals surface area contributed by atoms with E-state index in [1.165, 1.54) is 49.6 Å². The van der Waals surface area contributed by atoms with Crippen LogP contribution in [0.3, 0.4) is 0 Å². The average molecular weight is 358 g/mol. The number of ether oxygens (including phenoxy) is 2. The number of nitro groups is 1. The van der Waals surface area contributed by atoms with Crippen molar-refractivity contribution in [1.29, 1.82) is 0 Å². The number of benzene rings is 2. The van der Waals surface area contributed by atoms with Crippen molar-refractivity contribution in [2.45, 2.75) is 13.3 Å². The lowest BCUT2D eigenvalue weighted by molar-refractivity contribution is -0.385. The fraction of sp³-hybridized carbons (Fsp3) is 0.222. The molecule has 136 valence electrons. The van der Waals surface area contributed by atoms with Gasteiger partial charge in [0.1, 0.15) is 11.3 Å². The molecule has 26 heavy (non-hydrogen) atoms. The van der Waals surface area contributed by atoms with E-state index in [1.807, 2.05) is 6.92 Å². The maximum Gasteiger partial charge on any atom is 0.338 e. The lowest BCUT2D eigenvalue weighted by atomic mass is 10.1. The first kappa shape index (κ1) is 18.9. The predicted octanol–water partition coefficient (Wildman–Crippen LogP) is 3.42. The van der Waals surface area contributed by atoms with Crippen molar-refractivity contribution in [2.75, 3.05) is 19.0 Å². The quantitative estimate of drug-likeness (QED) is 0.461. The zero-order chi connectivity index (χ0) is 19.1. The van der Waals surface area contributed by atoms with Gasteiger partial charge in [-0.1, -0.05) is 6.92 Å². The third kappa shape index (κ3) is 4.56. The normalized spacial score (nSPS) is 10.1. The summed E-state index contributed by atoms with van der Waals surface area (Å²) in [6.07, 6.45) is 0.721. The Labute approximate surface area is 149 Å². The molecule has 0 aliphatic rings. The van der Waals surface area contributed by atoms with Gasteiger partial charge in [0, 0.05) is 11.8 Å². The second-order valence-corrected chi connectivity index (χ2v) is 5.31. The first-order valence-corrected chi connectivity index (χ1v) is 7.87. The Kier molecular flexibility index (Phi) is 6.26. The number of nitro benzene ring substituents is 1. The van der Waals surface area contributed by atoms with E-state index in [9.17, 15) is 19.7 Å². The Hall–Kier alpha value is -3.42. The van der Waals surface area contributed by atoms with Crippen LogP contribution in [0, 0.1) is 10.1 Å². The summed E-state index contributed by atoms with van der Waals surface area (Å²) in [5, 5.41) is 13.7. The number of hydrogen-bond donors (Lipinski definition) is 1. The number of amides is 1. The highest BCUT2D eigenvalue weighted by Gasteiger charge is 2.21. The van der Waals surface area contributed by atoms with Crippen LogP contribution in [0.2, 0.25) is 0 Å². The second-order valence-electron chi connectivity index (χ2n) is 5.31. The summed E-state index contributed by atoms with van der Waals surface area (Å²) < 4.78 is 10.0. The average Bonchev–Trinajstić information content (AvgIpc) is 2.65. The van der Waals surface area contributed by atoms with Crippen molar-refractivity contribution in [2.24, 2.45) is 0 Å². The zero-order valence-electron chi connectivity index (χ0n) is 14.4. The molecule has 0 atom stereocenters. The molecule has 8 nitrogen and oxygen atoms in total. The molecule has 0 saturated carbocycles. The van der Waals surface area contributed by atoms with Crippen LogP contribution in [0.1, 0.15) is 34.1 Å². The maximum atomic E-state index is 12.4. The largest absolute Gasteiger partial charge is 0.497 e. The Morgan fingerprint density at radius 2 is 1.85 bits per heavy atom. The van der Waals surface area contributed by atoms with E-state index in [2.05, 4.69) is 5.32 Å². The lowest BCUT2D eigenvalue weighted by Gasteiger charge is -2.08. The van der Waals surface area contributed by atoms with Gasteiger partial charge in [0.05, 0.1) is 24.2 Å². The van der Waals surface area contributed by atoms with E-state index in [0.29, 0.717) is 23.6 Å². The van der Waals surface area contributed by atoms with E-state index in [1.54, 1.807) is 0 Å². The Morgan fingerprint density at radius 3 is 2.42 bits per heavy atom. The molecule has 2 rings (SSSR count). The Morgan fingerprint density at radius 1 is 1.15 bits per heavy atom. The highest BCUT2D eigenvalue weighted by molar-refractivity contribution is 6.07. The van der Waals surface area contributed by atoms with Crippen molar-refractivity contribution in [1.82, 2.24) is 0 Å². The van der Waals surface area contributed by atoms with Crippen LogP contribution in [0.25, 0.3) is 0 Å². The van der Waals surface area contributed by atoms with Crippen LogP contribution in [0.5, 0.6) is 5.75 Å². The van der Waals surface area contributed by atoms with Crippen molar-refractivity contribution >= 4 is 23.3 Å². The molecule has 0 fully saturated rings. The number of carbonyl (C=O) groups is 2. The van der Waals surface area contributed by atoms with E-state index in [-0.39, 0.29) is 11.3 Å². The molecule has 0 heterocycles. The van der Waals surface area contributed by atoms with E-state index in [4.69, 9.17) is 9.47 Å². The standard InChI is InChI=1S/C18H18N2O6/c1-3-10-26-18(22)12-4-6-13(7-5-12)19-17(21)15-11-14(25-2)8-9-16(15)20(23)24/h4-9,11H,3,10H2,1-2H3,(H,19,21). The number of anilines is 1. The molecule has 2 aromatic rings. The third-order valence-corrected chi connectivity index (χ3v) is 3.46. The van der Waals surface area contributed by atoms with Crippen molar-refractivity contribution < 1.29 is 24.0 Å². The van der Waals surface area contributed by atoms with Crippen molar-refractivity contribution in [3.8, 4) is 5.75 Å². The van der Waals surface area contributed by atoms with Crippen molar-refractivity contribution in [3.63, 3.8) is 0 Å². The molecular weight excluding hydrogens is 340 g/mol. The molecule has 0 saturated heterocycles. The predicted molar refractivity (Wildman–Crippen MR) is 94.6 cm³/mol. The summed E-state index contributed by atoms with van der Waals surface area (Å²) >= 11 is 0. The van der Waals surface area contributed by atoms with Gasteiger partial charge in [-0.2, -0.15) is 0 Å². The van der Waals surface area contributed by atoms with Gasteiger partial charge in [-0.15, -0.1) is 0 Å². The minimum Gasteiger partial charge on any atom is -0.497 e. The summed E-state index contributed by atoms with van der Waals surface area (Å²) in [5.41, 5.74) is 0.284. The van der Waals surface area contributed by atoms with Crippen LogP contribution < -0.4 is 10.1 Å². The monoisotopic (exact) mass is 358 g/mol. The molecule has 2 aromatic carbocycles. The lowest BCUT2D eigenvalue weighted by Crippen LogP contribution is -2.14. The SMILES string of the molecule is CCCOC(=O)c1ccc(NC(=O)c2cc(OC)ccc2[N+](=O)[O-])cc1. The first-order valence-electron chi connectivity index (χ1n) is 7.87. The fourth-order valence-electron chi connectivity index (χ4n) is 2.15. The van der Waals surface area contributed by atoms with Gasteiger partial charge in [-0.3, -0.25) is 14.9 Å². The van der Waals surface area contributed by atoms with Gasteiger partial charge in [0.15, 0.2) is 0 Å². The highest BCUT2D eigenvalue weighted by atomic mass is 16.6. The van der Waals surface area contributed by atoms with Gasteiger partial charge in [-0.25, -0.2) is 4.79 Å². The molecule has 1 amide bonds. The molecule has 0 bridgehead atoms. The molecule has 8 heteroatoms. The molecule has 0 spiro atoms. The van der Waals surface area contributed by atoms with Gasteiger partial charge in [0.25, 0.3) is 11.6 Å². The molecule has 0 aromatic heterocycles. The number of methoxy groups -OCH3 is 1. The number of rotatable bonds is 7. The van der Waals surface area contributed by atoms with Crippen LogP contribution in [0.4, 0.5) is 11.4 Å². The minimum absolute atomic E-state index is 0.124. The molecule has 0 aliphatic carbocycles. The topological polar surface area (TPSA) is 108 Å². The minimum atomic E-state index is -0.656. The highest BCUT2D eigenvalue weighted by Crippen LogP contribution is 2.25. The molecular formula is C18H18N2O6. The Bertz CT molecular complexity index is 817. The van der Waals surface area contributed by atoms with Gasteiger partial charge in [-0.05, 0) is 42.8 Å². The summed E-state index contributed by atoms with van der Waals surface area (Å²) in [4.78, 5) is 34.6. The number of hydrogen-bond acceptors (Lipinski definition) is 6. The van der Waals surface area contributed by atoms with E-state index < -0.39 is 16.8 Å². The number of nitrogens with one attached hydrogen (secondary N) is 1. The number of esters is 1. The Balaban J connectivity index is 2.17. The van der Waals surface area contributed by atoms with Gasteiger partial charge in [0.2, 0.25) is 0 Å². The first-order chi connectivity index (χ1) is 12.5. The maximum absolute atomic E-state index is 12.4. The summed E-state index contributed by atoms with van der Waals surface area (Å²) in [5.74, 6) is -0.778. The molecule has 0 radical (unpaired) electrons. The van der Waals surface area contributed by atoms with Gasteiger partial charge >= 0.3 is 5.97 Å². The van der Waals surface area contributed by atoms with E-state index in [0.717, 1.165) is 6.42 Å². The van der Waals surface area contributed by atoms with Gasteiger partial charge < -0.3 is 14.8 Å². The summed E-state index contributed by atoms with van der Waals surface area (Å²) in [7, 11) is 1.40. The number of nitrogens with zero attached hydrogens (tertiary/aromatic N) is 1. The van der Waals surface area contributed by atoms with Crippen molar-refractivity contribution in [3.05, 3.63) is 63.7 Å². The van der Waals surface area contributed by atoms with Crippen LogP contribution in [-0.2, 0) is 4.74 Å². The molecule has 1 N–H and O–H groups in total. The zero-order valence-corrected chi connectivity index (χ0v) is 14.4. The molecule has 0 unspecified atom stereocenters. The summed E-state index contributed by atoms with van der Waals surface area (Å²) in [6, 6.07) is 9.97. The summed E-state index contributed by atoms with van der Waals surface area (Å²) in [6.45, 7) is 2.22. The second kappa shape index (κ2) is 8.61. The smallest absolute Gasteiger partial charge is 0.338 e. The number of carbonyl (C=O) groups excluding carboxylic acids is 2. The van der Waals surface area contributed by atoms with Crippen LogP contribution in [0.15, 0.2) is 42.5 Å².